The van der Waals surface area contributed by atoms with Crippen LogP contribution in [-0.4, -0.2) is 29.8 Å². The molecule has 2 N–H and O–H groups in total. The van der Waals surface area contributed by atoms with Crippen molar-refractivity contribution in [1.82, 2.24) is 10.6 Å². The van der Waals surface area contributed by atoms with Crippen LogP contribution < -0.4 is 10.6 Å². The Kier molecular flexibility index (Phi) is 6.62. The van der Waals surface area contributed by atoms with Crippen LogP contribution in [0.5, 0.6) is 0 Å². The molecule has 0 aliphatic heterocycles. The lowest BCUT2D eigenvalue weighted by Gasteiger charge is -2.12. The highest BCUT2D eigenvalue weighted by atomic mass is 32.1. The van der Waals surface area contributed by atoms with Gasteiger partial charge < -0.3 is 10.1 Å². The number of hydrogen-bond donors (Lipinski definition) is 2. The summed E-state index contributed by atoms with van der Waals surface area (Å²) in [5.74, 6) is -1.63. The number of carbonyl (C=O) groups excluding carboxylic acids is 4. The van der Waals surface area contributed by atoms with Gasteiger partial charge in [-0.15, -0.1) is 11.3 Å². The Bertz CT molecular complexity index is 816. The van der Waals surface area contributed by atoms with Crippen LogP contribution in [0.15, 0.2) is 42.5 Å². The fraction of sp³-hybridized carbons (Fsp3) is 0.222. The quantitative estimate of drug-likeness (QED) is 0.598. The summed E-state index contributed by atoms with van der Waals surface area (Å²) >= 11 is 0.987. The minimum Gasteiger partial charge on any atom is -0.448 e. The summed E-state index contributed by atoms with van der Waals surface area (Å²) in [6, 6.07) is 11.5. The number of ether oxygens (including phenoxy) is 1. The van der Waals surface area contributed by atoms with Gasteiger partial charge in [0.25, 0.3) is 5.91 Å². The zero-order valence-corrected chi connectivity index (χ0v) is 15.1. The molecule has 3 amide bonds. The van der Waals surface area contributed by atoms with Crippen molar-refractivity contribution in [3.05, 3.63) is 57.8 Å². The van der Waals surface area contributed by atoms with E-state index in [4.69, 9.17) is 4.74 Å². The third-order valence-corrected chi connectivity index (χ3v) is 4.51. The van der Waals surface area contributed by atoms with Crippen LogP contribution in [0.2, 0.25) is 0 Å². The second-order valence-electron chi connectivity index (χ2n) is 5.43. The number of amides is 3. The van der Waals surface area contributed by atoms with Crippen molar-refractivity contribution in [2.24, 2.45) is 0 Å². The number of benzene rings is 1. The summed E-state index contributed by atoms with van der Waals surface area (Å²) in [5, 5.41) is 4.65. The molecule has 0 bridgehead atoms. The van der Waals surface area contributed by atoms with Crippen LogP contribution in [0.25, 0.3) is 0 Å². The van der Waals surface area contributed by atoms with Crippen molar-refractivity contribution in [3.63, 3.8) is 0 Å². The van der Waals surface area contributed by atoms with E-state index in [9.17, 15) is 19.2 Å². The number of nitrogens with one attached hydrogen (secondary N) is 2. The first-order chi connectivity index (χ1) is 12.4. The average molecular weight is 374 g/mol. The molecular formula is C18H18N2O5S. The Hall–Kier alpha value is -3.00. The van der Waals surface area contributed by atoms with Crippen LogP contribution in [-0.2, 0) is 16.1 Å². The molecule has 2 aromatic rings. The van der Waals surface area contributed by atoms with E-state index < -0.39 is 24.0 Å². The van der Waals surface area contributed by atoms with Crippen LogP contribution >= 0.6 is 11.3 Å². The minimum absolute atomic E-state index is 0.157. The highest BCUT2D eigenvalue weighted by Crippen LogP contribution is 2.18. The Morgan fingerprint density at radius 3 is 2.31 bits per heavy atom. The zero-order valence-electron chi connectivity index (χ0n) is 14.3. The molecule has 1 aromatic carbocycles. The third-order valence-electron chi connectivity index (χ3n) is 3.34. The first-order valence-electron chi connectivity index (χ1n) is 7.81. The van der Waals surface area contributed by atoms with Gasteiger partial charge in [0.15, 0.2) is 11.9 Å². The van der Waals surface area contributed by atoms with Crippen molar-refractivity contribution in [2.45, 2.75) is 26.5 Å². The van der Waals surface area contributed by atoms with Gasteiger partial charge in [-0.05, 0) is 31.5 Å². The van der Waals surface area contributed by atoms with Crippen LogP contribution in [0.4, 0.5) is 4.79 Å². The van der Waals surface area contributed by atoms with Gasteiger partial charge in [0, 0.05) is 6.54 Å². The smallest absolute Gasteiger partial charge is 0.349 e. The number of rotatable bonds is 6. The van der Waals surface area contributed by atoms with Crippen molar-refractivity contribution < 1.29 is 23.9 Å². The SMILES string of the molecule is CC(=O)c1ccc(C(=O)OC(C)C(=O)NC(=O)NCc2ccccc2)s1. The Balaban J connectivity index is 1.81. The highest BCUT2D eigenvalue weighted by molar-refractivity contribution is 7.15. The van der Waals surface area contributed by atoms with Crippen molar-refractivity contribution >= 4 is 35.0 Å². The molecule has 0 fully saturated rings. The summed E-state index contributed by atoms with van der Waals surface area (Å²) in [6.07, 6.45) is -1.16. The lowest BCUT2D eigenvalue weighted by Crippen LogP contribution is -2.44. The van der Waals surface area contributed by atoms with Gasteiger partial charge in [-0.25, -0.2) is 9.59 Å². The number of urea groups is 1. The molecule has 1 heterocycles. The van der Waals surface area contributed by atoms with Crippen LogP contribution in [0.1, 0.15) is 38.8 Å². The summed E-state index contributed by atoms with van der Waals surface area (Å²) in [7, 11) is 0. The predicted molar refractivity (Wildman–Crippen MR) is 96.0 cm³/mol. The molecule has 0 aliphatic rings. The van der Waals surface area contributed by atoms with Crippen molar-refractivity contribution in [3.8, 4) is 0 Å². The second kappa shape index (κ2) is 8.91. The van der Waals surface area contributed by atoms with Gasteiger partial charge in [0.2, 0.25) is 0 Å². The van der Waals surface area contributed by atoms with Gasteiger partial charge in [-0.2, -0.15) is 0 Å². The minimum atomic E-state index is -1.16. The monoisotopic (exact) mass is 374 g/mol. The number of Topliss-reactive ketones (excluding diaryl/α,β-unsaturated/α-hetero) is 1. The maximum absolute atomic E-state index is 12.0. The lowest BCUT2D eigenvalue weighted by atomic mass is 10.2. The Morgan fingerprint density at radius 2 is 1.69 bits per heavy atom. The summed E-state index contributed by atoms with van der Waals surface area (Å²) in [5.41, 5.74) is 0.883. The molecule has 0 spiro atoms. The molecule has 0 saturated heterocycles. The number of hydrogen-bond acceptors (Lipinski definition) is 6. The molecule has 8 heteroatoms. The molecule has 0 saturated carbocycles. The number of esters is 1. The number of thiophene rings is 1. The van der Waals surface area contributed by atoms with Gasteiger partial charge in [0.05, 0.1) is 4.88 Å². The maximum Gasteiger partial charge on any atom is 0.349 e. The van der Waals surface area contributed by atoms with E-state index in [2.05, 4.69) is 10.6 Å². The van der Waals surface area contributed by atoms with E-state index >= 15 is 0 Å². The number of ketones is 1. The molecule has 136 valence electrons. The molecule has 1 atom stereocenters. The Morgan fingerprint density at radius 1 is 1.04 bits per heavy atom. The summed E-state index contributed by atoms with van der Waals surface area (Å²) in [4.78, 5) is 47.6. The number of carbonyl (C=O) groups is 4. The summed E-state index contributed by atoms with van der Waals surface area (Å²) in [6.45, 7) is 3.01. The molecule has 1 aromatic heterocycles. The lowest BCUT2D eigenvalue weighted by molar-refractivity contribution is -0.127. The van der Waals surface area contributed by atoms with Gasteiger partial charge in [-0.3, -0.25) is 14.9 Å². The standard InChI is InChI=1S/C18H18N2O5S/c1-11(21)14-8-9-15(26-14)17(23)25-12(2)16(22)20-18(24)19-10-13-6-4-3-5-7-13/h3-9,12H,10H2,1-2H3,(H2,19,20,22,24). The average Bonchev–Trinajstić information content (AvgIpc) is 3.11. The molecule has 2 rings (SSSR count). The normalized spacial score (nSPS) is 11.3. The van der Waals surface area contributed by atoms with Crippen molar-refractivity contribution in [2.75, 3.05) is 0 Å². The molecular weight excluding hydrogens is 356 g/mol. The molecule has 1 unspecified atom stereocenters. The van der Waals surface area contributed by atoms with E-state index in [1.165, 1.54) is 26.0 Å². The van der Waals surface area contributed by atoms with Crippen LogP contribution in [0, 0.1) is 0 Å². The summed E-state index contributed by atoms with van der Waals surface area (Å²) < 4.78 is 5.02. The van der Waals surface area contributed by atoms with E-state index in [0.717, 1.165) is 16.9 Å². The predicted octanol–water partition coefficient (Wildman–Crippen LogP) is 2.52. The maximum atomic E-state index is 12.0. The fourth-order valence-corrected chi connectivity index (χ4v) is 2.73. The van der Waals surface area contributed by atoms with Crippen LogP contribution in [0.3, 0.4) is 0 Å². The van der Waals surface area contributed by atoms with Gasteiger partial charge in [0.1, 0.15) is 4.88 Å². The molecule has 7 nitrogen and oxygen atoms in total. The largest absolute Gasteiger partial charge is 0.448 e. The molecule has 0 radical (unpaired) electrons. The Labute approximate surface area is 154 Å². The topological polar surface area (TPSA) is 102 Å². The van der Waals surface area contributed by atoms with E-state index in [0.29, 0.717) is 4.88 Å². The van der Waals surface area contributed by atoms with Gasteiger partial charge >= 0.3 is 12.0 Å². The second-order valence-corrected chi connectivity index (χ2v) is 6.51. The first-order valence-corrected chi connectivity index (χ1v) is 8.63. The van der Waals surface area contributed by atoms with E-state index in [1.807, 2.05) is 30.3 Å². The fourth-order valence-electron chi connectivity index (χ4n) is 1.94. The van der Waals surface area contributed by atoms with E-state index in [1.54, 1.807) is 0 Å². The number of imide groups is 1. The molecule has 26 heavy (non-hydrogen) atoms. The highest BCUT2D eigenvalue weighted by Gasteiger charge is 2.22. The zero-order chi connectivity index (χ0) is 19.1. The van der Waals surface area contributed by atoms with Gasteiger partial charge in [-0.1, -0.05) is 30.3 Å². The first kappa shape index (κ1) is 19.3. The van der Waals surface area contributed by atoms with Crippen molar-refractivity contribution in [1.29, 1.82) is 0 Å². The van der Waals surface area contributed by atoms with E-state index in [-0.39, 0.29) is 17.2 Å². The molecule has 0 aliphatic carbocycles. The third kappa shape index (κ3) is 5.52.